The fourth-order valence-corrected chi connectivity index (χ4v) is 2.01. The van der Waals surface area contributed by atoms with Crippen LogP contribution in [-0.4, -0.2) is 25.5 Å². The van der Waals surface area contributed by atoms with E-state index in [1.165, 1.54) is 30.1 Å². The molecule has 0 aliphatic heterocycles. The standard InChI is InChI=1S/C13H22N.2ClH.Cr/c1-9-10(2)12(4)13(11(9)3)7-8-14(5)6;;;/h7-8H2,1-6H3;2*1H;/q;;;+3/p-2. The molecule has 0 N–H and O–H groups in total. The molecule has 0 aromatic rings. The molecule has 0 heterocycles. The first-order chi connectivity index (χ1) is 7.86. The average Bonchev–Trinajstić information content (AvgIpc) is 2.43. The topological polar surface area (TPSA) is 3.24 Å². The van der Waals surface area contributed by atoms with Gasteiger partial charge in [0.05, 0.1) is 0 Å². The predicted molar refractivity (Wildman–Crippen MR) is 73.8 cm³/mol. The van der Waals surface area contributed by atoms with Gasteiger partial charge in [-0.05, 0) is 56.7 Å². The molecule has 5 radical (unpaired) electrons. The molecular formula is C13H22Cl2CrN+. The number of rotatable bonds is 3. The van der Waals surface area contributed by atoms with Gasteiger partial charge in [-0.2, -0.15) is 0 Å². The first-order valence-corrected chi connectivity index (χ1v) is 9.13. The van der Waals surface area contributed by atoms with Crippen LogP contribution in [0.5, 0.6) is 0 Å². The molecule has 1 rings (SSSR count). The fourth-order valence-electron chi connectivity index (χ4n) is 2.01. The van der Waals surface area contributed by atoms with Gasteiger partial charge in [-0.1, -0.05) is 27.7 Å². The van der Waals surface area contributed by atoms with E-state index in [1.54, 1.807) is 5.92 Å². The Hall–Kier alpha value is 1.07. The van der Waals surface area contributed by atoms with Crippen LogP contribution in [0, 0.1) is 29.6 Å². The van der Waals surface area contributed by atoms with Crippen molar-refractivity contribution in [1.82, 2.24) is 4.90 Å². The van der Waals surface area contributed by atoms with Crippen LogP contribution in [-0.2, 0) is 13.4 Å². The van der Waals surface area contributed by atoms with Gasteiger partial charge in [0.1, 0.15) is 0 Å². The van der Waals surface area contributed by atoms with E-state index in [0.29, 0.717) is 0 Å². The zero-order valence-corrected chi connectivity index (χ0v) is 14.3. The van der Waals surface area contributed by atoms with E-state index in [-0.39, 0.29) is 13.4 Å². The van der Waals surface area contributed by atoms with Gasteiger partial charge in [0.15, 0.2) is 0 Å². The molecule has 98 valence electrons. The van der Waals surface area contributed by atoms with Crippen molar-refractivity contribution in [2.24, 2.45) is 0 Å². The molecule has 4 heteroatoms. The first-order valence-electron chi connectivity index (χ1n) is 5.62. The van der Waals surface area contributed by atoms with Crippen LogP contribution >= 0.6 is 20.1 Å². The van der Waals surface area contributed by atoms with E-state index >= 15 is 0 Å². The van der Waals surface area contributed by atoms with Gasteiger partial charge < -0.3 is 4.90 Å². The van der Waals surface area contributed by atoms with Crippen LogP contribution in [0.25, 0.3) is 0 Å². The van der Waals surface area contributed by atoms with E-state index in [0.717, 1.165) is 6.54 Å². The first kappa shape index (κ1) is 18.1. The summed E-state index contributed by atoms with van der Waals surface area (Å²) < 4.78 is 0. The molecule has 0 atom stereocenters. The minimum atomic E-state index is -0.181. The summed E-state index contributed by atoms with van der Waals surface area (Å²) in [4.78, 5) is 2.25. The molecule has 1 saturated carbocycles. The third kappa shape index (κ3) is 5.71. The summed E-state index contributed by atoms with van der Waals surface area (Å²) in [5.74, 6) is 7.53. The van der Waals surface area contributed by atoms with Crippen molar-refractivity contribution in [2.45, 2.75) is 34.1 Å². The summed E-state index contributed by atoms with van der Waals surface area (Å²) in [7, 11) is 13.9. The Morgan fingerprint density at radius 3 is 1.53 bits per heavy atom. The number of hydrogen-bond donors (Lipinski definition) is 0. The summed E-state index contributed by atoms with van der Waals surface area (Å²) in [5, 5.41) is 0. The summed E-state index contributed by atoms with van der Waals surface area (Å²) >= 11 is -0.181. The maximum atomic E-state index is 4.83. The van der Waals surface area contributed by atoms with Gasteiger partial charge in [-0.25, -0.2) is 0 Å². The van der Waals surface area contributed by atoms with Crippen molar-refractivity contribution in [1.29, 1.82) is 0 Å². The van der Waals surface area contributed by atoms with Crippen molar-refractivity contribution in [3.05, 3.63) is 29.6 Å². The molecule has 0 aromatic carbocycles. The SMILES string of the molecule is C[C]1[C](C)[C](C)[C](CCN(C)C)[C]1C.[Cl][Cr+][Cl]. The second-order valence-electron chi connectivity index (χ2n) is 4.59. The van der Waals surface area contributed by atoms with Crippen molar-refractivity contribution in [3.8, 4) is 0 Å². The number of hydrogen-bond acceptors (Lipinski definition) is 1. The molecule has 1 aliphatic carbocycles. The Bertz CT molecular complexity index is 188. The molecule has 0 aromatic heterocycles. The van der Waals surface area contributed by atoms with Crippen LogP contribution < -0.4 is 0 Å². The molecule has 1 fully saturated rings. The van der Waals surface area contributed by atoms with Crippen LogP contribution in [0.4, 0.5) is 0 Å². The van der Waals surface area contributed by atoms with E-state index in [4.69, 9.17) is 20.1 Å². The molecule has 1 nitrogen and oxygen atoms in total. The van der Waals surface area contributed by atoms with Gasteiger partial charge >= 0.3 is 33.5 Å². The van der Waals surface area contributed by atoms with E-state index in [1.807, 2.05) is 0 Å². The van der Waals surface area contributed by atoms with Crippen LogP contribution in [0.3, 0.4) is 0 Å². The van der Waals surface area contributed by atoms with Gasteiger partial charge in [0.2, 0.25) is 0 Å². The molecule has 0 unspecified atom stereocenters. The molecule has 0 amide bonds. The summed E-state index contributed by atoms with van der Waals surface area (Å²) in [6, 6.07) is 0. The van der Waals surface area contributed by atoms with Gasteiger partial charge in [-0.3, -0.25) is 0 Å². The second kappa shape index (κ2) is 9.05. The monoisotopic (exact) mass is 314 g/mol. The van der Waals surface area contributed by atoms with E-state index < -0.39 is 0 Å². The normalized spacial score (nSPS) is 20.8. The van der Waals surface area contributed by atoms with E-state index in [9.17, 15) is 0 Å². The Balaban J connectivity index is 0.000000770. The summed E-state index contributed by atoms with van der Waals surface area (Å²) in [6.07, 6.45) is 1.18. The molecule has 0 bridgehead atoms. The molecule has 0 saturated heterocycles. The maximum absolute atomic E-state index is 4.83. The summed E-state index contributed by atoms with van der Waals surface area (Å²) in [5.41, 5.74) is 0. The summed E-state index contributed by atoms with van der Waals surface area (Å²) in [6.45, 7) is 10.1. The predicted octanol–water partition coefficient (Wildman–Crippen LogP) is 4.28. The zero-order valence-electron chi connectivity index (χ0n) is 11.5. The van der Waals surface area contributed by atoms with Crippen molar-refractivity contribution >= 4 is 20.1 Å². The Kier molecular flexibility index (Phi) is 9.62. The van der Waals surface area contributed by atoms with Gasteiger partial charge in [0.25, 0.3) is 0 Å². The van der Waals surface area contributed by atoms with Crippen molar-refractivity contribution in [3.63, 3.8) is 0 Å². The zero-order chi connectivity index (χ0) is 13.6. The minimum absolute atomic E-state index is 0.181. The number of nitrogens with zero attached hydrogens (tertiary/aromatic N) is 1. The average molecular weight is 315 g/mol. The quantitative estimate of drug-likeness (QED) is 0.751. The molecule has 17 heavy (non-hydrogen) atoms. The number of halogens is 2. The van der Waals surface area contributed by atoms with Crippen LogP contribution in [0.1, 0.15) is 34.1 Å². The van der Waals surface area contributed by atoms with Crippen molar-refractivity contribution < 1.29 is 13.4 Å². The fraction of sp³-hybridized carbons (Fsp3) is 0.615. The van der Waals surface area contributed by atoms with Crippen LogP contribution in [0.2, 0.25) is 0 Å². The van der Waals surface area contributed by atoms with Gasteiger partial charge in [-0.15, -0.1) is 0 Å². The Morgan fingerprint density at radius 2 is 1.24 bits per heavy atom. The molecular weight excluding hydrogens is 293 g/mol. The molecule has 1 aliphatic rings. The van der Waals surface area contributed by atoms with E-state index in [2.05, 4.69) is 46.7 Å². The third-order valence-electron chi connectivity index (χ3n) is 3.40. The Morgan fingerprint density at radius 1 is 0.882 bits per heavy atom. The van der Waals surface area contributed by atoms with Gasteiger partial charge in [0, 0.05) is 0 Å². The second-order valence-corrected chi connectivity index (χ2v) is 6.70. The Labute approximate surface area is 122 Å². The van der Waals surface area contributed by atoms with Crippen LogP contribution in [0.15, 0.2) is 0 Å². The van der Waals surface area contributed by atoms with Crippen molar-refractivity contribution in [2.75, 3.05) is 20.6 Å². The molecule has 0 spiro atoms. The third-order valence-corrected chi connectivity index (χ3v) is 3.40.